The van der Waals surface area contributed by atoms with Crippen LogP contribution in [0.3, 0.4) is 0 Å². The van der Waals surface area contributed by atoms with Crippen LogP contribution in [-0.2, 0) is 9.59 Å². The molecule has 0 heterocycles. The molecule has 1 atom stereocenters. The van der Waals surface area contributed by atoms with Crippen molar-refractivity contribution < 1.29 is 14.7 Å². The number of carbonyl (C=O) groups is 2. The summed E-state index contributed by atoms with van der Waals surface area (Å²) in [7, 11) is 0. The summed E-state index contributed by atoms with van der Waals surface area (Å²) in [6.07, 6.45) is 9.01. The van der Waals surface area contributed by atoms with E-state index in [1.54, 1.807) is 6.08 Å². The van der Waals surface area contributed by atoms with Crippen molar-refractivity contribution >= 4 is 18.0 Å². The highest BCUT2D eigenvalue weighted by atomic mass is 16.4. The van der Waals surface area contributed by atoms with E-state index < -0.39 is 12.0 Å². The van der Waals surface area contributed by atoms with Crippen molar-refractivity contribution in [1.29, 1.82) is 0 Å². The van der Waals surface area contributed by atoms with Crippen LogP contribution in [0.25, 0.3) is 6.08 Å². The summed E-state index contributed by atoms with van der Waals surface area (Å²) in [5.74, 6) is -1.12. The van der Waals surface area contributed by atoms with Crippen molar-refractivity contribution in [2.75, 3.05) is 0 Å². The van der Waals surface area contributed by atoms with Crippen molar-refractivity contribution in [3.8, 4) is 0 Å². The fourth-order valence-corrected chi connectivity index (χ4v) is 2.78. The highest BCUT2D eigenvalue weighted by Gasteiger charge is 2.25. The maximum Gasteiger partial charge on any atom is 0.326 e. The SMILES string of the molecule is O=C(N[C@H](C/C=C/c1ccccc1)C(=O)O)C1CCCCC1. The van der Waals surface area contributed by atoms with Crippen molar-refractivity contribution in [3.05, 3.63) is 42.0 Å². The summed E-state index contributed by atoms with van der Waals surface area (Å²) < 4.78 is 0. The molecular formula is C18H23NO3. The molecule has 1 fully saturated rings. The van der Waals surface area contributed by atoms with Gasteiger partial charge in [-0.25, -0.2) is 4.79 Å². The third kappa shape index (κ3) is 5.02. The van der Waals surface area contributed by atoms with E-state index >= 15 is 0 Å². The number of carbonyl (C=O) groups excluding carboxylic acids is 1. The minimum atomic E-state index is -0.984. The molecule has 0 aromatic heterocycles. The smallest absolute Gasteiger partial charge is 0.326 e. The van der Waals surface area contributed by atoms with E-state index in [-0.39, 0.29) is 11.8 Å². The average Bonchev–Trinajstić information content (AvgIpc) is 2.55. The molecule has 0 saturated heterocycles. The zero-order valence-corrected chi connectivity index (χ0v) is 12.7. The predicted octanol–water partition coefficient (Wildman–Crippen LogP) is 3.24. The lowest BCUT2D eigenvalue weighted by Gasteiger charge is -2.22. The largest absolute Gasteiger partial charge is 0.480 e. The Morgan fingerprint density at radius 3 is 2.50 bits per heavy atom. The number of carboxylic acid groups (broad SMARTS) is 1. The lowest BCUT2D eigenvalue weighted by atomic mass is 9.88. The number of aliphatic carboxylic acids is 1. The first-order valence-corrected chi connectivity index (χ1v) is 7.91. The van der Waals surface area contributed by atoms with Gasteiger partial charge in [0.1, 0.15) is 6.04 Å². The topological polar surface area (TPSA) is 66.4 Å². The Labute approximate surface area is 131 Å². The first-order chi connectivity index (χ1) is 10.7. The zero-order valence-electron chi connectivity index (χ0n) is 12.7. The summed E-state index contributed by atoms with van der Waals surface area (Å²) in [5.41, 5.74) is 1.02. The third-order valence-electron chi connectivity index (χ3n) is 4.07. The van der Waals surface area contributed by atoms with Gasteiger partial charge >= 0.3 is 5.97 Å². The van der Waals surface area contributed by atoms with Gasteiger partial charge in [0.05, 0.1) is 0 Å². The van der Waals surface area contributed by atoms with E-state index in [0.29, 0.717) is 6.42 Å². The summed E-state index contributed by atoms with van der Waals surface area (Å²) >= 11 is 0. The quantitative estimate of drug-likeness (QED) is 0.847. The Kier molecular flexibility index (Phi) is 6.19. The minimum Gasteiger partial charge on any atom is -0.480 e. The molecule has 118 valence electrons. The van der Waals surface area contributed by atoms with Gasteiger partial charge in [0, 0.05) is 5.92 Å². The van der Waals surface area contributed by atoms with E-state index in [0.717, 1.165) is 31.2 Å². The first-order valence-electron chi connectivity index (χ1n) is 7.91. The Morgan fingerprint density at radius 2 is 1.86 bits per heavy atom. The van der Waals surface area contributed by atoms with Crippen molar-refractivity contribution in [2.45, 2.75) is 44.6 Å². The second-order valence-corrected chi connectivity index (χ2v) is 5.78. The van der Waals surface area contributed by atoms with Crippen LogP contribution in [0.5, 0.6) is 0 Å². The van der Waals surface area contributed by atoms with E-state index in [1.807, 2.05) is 36.4 Å². The van der Waals surface area contributed by atoms with Gasteiger partial charge in [0.2, 0.25) is 5.91 Å². The molecule has 1 aliphatic rings. The molecular weight excluding hydrogens is 278 g/mol. The molecule has 1 amide bonds. The molecule has 2 rings (SSSR count). The monoisotopic (exact) mass is 301 g/mol. The van der Waals surface area contributed by atoms with E-state index in [1.165, 1.54) is 6.42 Å². The number of amides is 1. The van der Waals surface area contributed by atoms with Crippen LogP contribution >= 0.6 is 0 Å². The Hall–Kier alpha value is -2.10. The van der Waals surface area contributed by atoms with Crippen LogP contribution in [0, 0.1) is 5.92 Å². The fraction of sp³-hybridized carbons (Fsp3) is 0.444. The highest BCUT2D eigenvalue weighted by Crippen LogP contribution is 2.23. The Balaban J connectivity index is 1.88. The standard InChI is InChI=1S/C18H23NO3/c20-17(15-11-5-2-6-12-15)19-16(18(21)22)13-7-10-14-8-3-1-4-9-14/h1,3-4,7-10,15-16H,2,5-6,11-13H2,(H,19,20)(H,21,22)/b10-7+/t16-/m1/s1. The second-order valence-electron chi connectivity index (χ2n) is 5.78. The maximum atomic E-state index is 12.1. The van der Waals surface area contributed by atoms with Crippen LogP contribution in [0.2, 0.25) is 0 Å². The lowest BCUT2D eigenvalue weighted by molar-refractivity contribution is -0.142. The molecule has 1 aliphatic carbocycles. The van der Waals surface area contributed by atoms with Gasteiger partial charge in [0.15, 0.2) is 0 Å². The molecule has 22 heavy (non-hydrogen) atoms. The summed E-state index contributed by atoms with van der Waals surface area (Å²) in [5, 5.41) is 12.0. The number of benzene rings is 1. The van der Waals surface area contributed by atoms with Crippen LogP contribution < -0.4 is 5.32 Å². The highest BCUT2D eigenvalue weighted by molar-refractivity contribution is 5.85. The molecule has 1 aromatic rings. The van der Waals surface area contributed by atoms with Crippen molar-refractivity contribution in [2.24, 2.45) is 5.92 Å². The maximum absolute atomic E-state index is 12.1. The molecule has 0 aliphatic heterocycles. The molecule has 0 spiro atoms. The van der Waals surface area contributed by atoms with Crippen LogP contribution in [0.4, 0.5) is 0 Å². The van der Waals surface area contributed by atoms with Gasteiger partial charge < -0.3 is 10.4 Å². The molecule has 0 unspecified atom stereocenters. The van der Waals surface area contributed by atoms with Crippen LogP contribution in [0.1, 0.15) is 44.1 Å². The number of nitrogens with one attached hydrogen (secondary N) is 1. The third-order valence-corrected chi connectivity index (χ3v) is 4.07. The normalized spacial score (nSPS) is 17.3. The van der Waals surface area contributed by atoms with Gasteiger partial charge in [-0.15, -0.1) is 0 Å². The molecule has 1 saturated carbocycles. The number of hydrogen-bond acceptors (Lipinski definition) is 2. The first kappa shape index (κ1) is 16.3. The number of rotatable bonds is 6. The van der Waals surface area contributed by atoms with Gasteiger partial charge in [-0.1, -0.05) is 61.7 Å². The minimum absolute atomic E-state index is 0.0197. The van der Waals surface area contributed by atoms with Gasteiger partial charge in [-0.05, 0) is 24.8 Å². The predicted molar refractivity (Wildman–Crippen MR) is 86.2 cm³/mol. The molecule has 1 aromatic carbocycles. The zero-order chi connectivity index (χ0) is 15.8. The number of carboxylic acids is 1. The second kappa shape index (κ2) is 8.37. The van der Waals surface area contributed by atoms with Gasteiger partial charge in [-0.3, -0.25) is 4.79 Å². The van der Waals surface area contributed by atoms with Gasteiger partial charge in [0.25, 0.3) is 0 Å². The summed E-state index contributed by atoms with van der Waals surface area (Å²) in [6, 6.07) is 8.84. The van der Waals surface area contributed by atoms with E-state index in [2.05, 4.69) is 5.32 Å². The lowest BCUT2D eigenvalue weighted by Crippen LogP contribution is -2.43. The number of hydrogen-bond donors (Lipinski definition) is 2. The van der Waals surface area contributed by atoms with Crippen molar-refractivity contribution in [1.82, 2.24) is 5.32 Å². The van der Waals surface area contributed by atoms with Crippen molar-refractivity contribution in [3.63, 3.8) is 0 Å². The average molecular weight is 301 g/mol. The summed E-state index contributed by atoms with van der Waals surface area (Å²) in [4.78, 5) is 23.5. The molecule has 4 nitrogen and oxygen atoms in total. The molecule has 4 heteroatoms. The van der Waals surface area contributed by atoms with Crippen LogP contribution in [-0.4, -0.2) is 23.0 Å². The molecule has 0 bridgehead atoms. The van der Waals surface area contributed by atoms with E-state index in [4.69, 9.17) is 0 Å². The van der Waals surface area contributed by atoms with E-state index in [9.17, 15) is 14.7 Å². The molecule has 2 N–H and O–H groups in total. The van der Waals surface area contributed by atoms with Crippen LogP contribution in [0.15, 0.2) is 36.4 Å². The fourth-order valence-electron chi connectivity index (χ4n) is 2.78. The molecule has 0 radical (unpaired) electrons. The Bertz CT molecular complexity index is 518. The summed E-state index contributed by atoms with van der Waals surface area (Å²) in [6.45, 7) is 0. The Morgan fingerprint density at radius 1 is 1.18 bits per heavy atom. The van der Waals surface area contributed by atoms with Gasteiger partial charge in [-0.2, -0.15) is 0 Å².